The molecule has 0 aromatic heterocycles. The molecule has 0 radical (unpaired) electrons. The van der Waals surface area contributed by atoms with E-state index in [1.54, 1.807) is 6.07 Å². The minimum Gasteiger partial charge on any atom is -0.495 e. The predicted molar refractivity (Wildman–Crippen MR) is 72.1 cm³/mol. The van der Waals surface area contributed by atoms with Crippen molar-refractivity contribution >= 4 is 11.4 Å². The van der Waals surface area contributed by atoms with E-state index in [1.165, 1.54) is 12.0 Å². The zero-order chi connectivity index (χ0) is 14.8. The molecule has 0 amide bonds. The Kier molecular flexibility index (Phi) is 4.27. The number of anilines is 2. The monoisotopic (exact) mass is 289 g/mol. The van der Waals surface area contributed by atoms with E-state index in [0.29, 0.717) is 37.6 Å². The zero-order valence-corrected chi connectivity index (χ0v) is 11.3. The molecule has 0 saturated carbocycles. The Morgan fingerprint density at radius 2 is 1.85 bits per heavy atom. The second-order valence-electron chi connectivity index (χ2n) is 4.77. The average Bonchev–Trinajstić information content (AvgIpc) is 2.38. The number of benzene rings is 1. The van der Waals surface area contributed by atoms with Gasteiger partial charge in [-0.1, -0.05) is 6.07 Å². The van der Waals surface area contributed by atoms with E-state index in [4.69, 9.17) is 10.5 Å². The molecule has 1 aromatic rings. The summed E-state index contributed by atoms with van der Waals surface area (Å²) in [6.45, 7) is 0.932. The van der Waals surface area contributed by atoms with Crippen LogP contribution in [0, 0.1) is 0 Å². The van der Waals surface area contributed by atoms with Gasteiger partial charge in [-0.05, 0) is 12.1 Å². The van der Waals surface area contributed by atoms with Gasteiger partial charge >= 0.3 is 6.18 Å². The normalized spacial score (nSPS) is 17.3. The van der Waals surface area contributed by atoms with Crippen LogP contribution < -0.4 is 15.4 Å². The molecule has 2 N–H and O–H groups in total. The lowest BCUT2D eigenvalue weighted by Gasteiger charge is -2.36. The number of nitrogens with zero attached hydrogens (tertiary/aromatic N) is 2. The van der Waals surface area contributed by atoms with Crippen LogP contribution in [-0.2, 0) is 0 Å². The van der Waals surface area contributed by atoms with E-state index in [9.17, 15) is 13.2 Å². The van der Waals surface area contributed by atoms with Crippen molar-refractivity contribution in [1.29, 1.82) is 0 Å². The third-order valence-corrected chi connectivity index (χ3v) is 3.38. The first-order valence-electron chi connectivity index (χ1n) is 6.37. The van der Waals surface area contributed by atoms with Gasteiger partial charge in [0, 0.05) is 26.2 Å². The van der Waals surface area contributed by atoms with Gasteiger partial charge in [0.15, 0.2) is 0 Å². The smallest absolute Gasteiger partial charge is 0.401 e. The molecule has 0 unspecified atom stereocenters. The van der Waals surface area contributed by atoms with Gasteiger partial charge < -0.3 is 15.4 Å². The molecule has 20 heavy (non-hydrogen) atoms. The number of nitrogen functional groups attached to an aromatic ring is 1. The molecule has 1 aliphatic rings. The second kappa shape index (κ2) is 5.78. The Bertz CT molecular complexity index is 457. The lowest BCUT2D eigenvalue weighted by molar-refractivity contribution is -0.146. The Morgan fingerprint density at radius 3 is 2.40 bits per heavy atom. The van der Waals surface area contributed by atoms with Crippen LogP contribution in [0.15, 0.2) is 18.2 Å². The number of hydrogen-bond donors (Lipinski definition) is 1. The molecule has 1 aromatic carbocycles. The Hall–Kier alpha value is -1.63. The summed E-state index contributed by atoms with van der Waals surface area (Å²) in [4.78, 5) is 3.40. The number of alkyl halides is 3. The van der Waals surface area contributed by atoms with Gasteiger partial charge in [0.1, 0.15) is 5.75 Å². The highest BCUT2D eigenvalue weighted by Gasteiger charge is 2.32. The van der Waals surface area contributed by atoms with Crippen molar-refractivity contribution in [2.75, 3.05) is 50.5 Å². The maximum atomic E-state index is 12.3. The second-order valence-corrected chi connectivity index (χ2v) is 4.77. The minimum atomic E-state index is -4.14. The summed E-state index contributed by atoms with van der Waals surface area (Å²) in [5, 5.41) is 0. The topological polar surface area (TPSA) is 41.7 Å². The molecule has 1 saturated heterocycles. The van der Waals surface area contributed by atoms with Gasteiger partial charge in [-0.15, -0.1) is 0 Å². The van der Waals surface area contributed by atoms with Gasteiger partial charge in [0.05, 0.1) is 25.0 Å². The van der Waals surface area contributed by atoms with Gasteiger partial charge in [0.2, 0.25) is 0 Å². The van der Waals surface area contributed by atoms with Gasteiger partial charge in [-0.25, -0.2) is 0 Å². The summed E-state index contributed by atoms with van der Waals surface area (Å²) >= 11 is 0. The fraction of sp³-hybridized carbons (Fsp3) is 0.538. The van der Waals surface area contributed by atoms with E-state index in [0.717, 1.165) is 5.69 Å². The maximum Gasteiger partial charge on any atom is 0.401 e. The third kappa shape index (κ3) is 3.47. The lowest BCUT2D eigenvalue weighted by atomic mass is 10.2. The molecule has 2 rings (SSSR count). The van der Waals surface area contributed by atoms with E-state index in [2.05, 4.69) is 0 Å². The standard InChI is InChI=1S/C13H18F3N3O/c1-20-11-4-2-3-10(12(11)17)19-7-5-18(6-8-19)9-13(14,15)16/h2-4H,5-9,17H2,1H3. The van der Waals surface area contributed by atoms with E-state index < -0.39 is 12.7 Å². The Morgan fingerprint density at radius 1 is 1.20 bits per heavy atom. The van der Waals surface area contributed by atoms with Crippen LogP contribution in [0.2, 0.25) is 0 Å². The number of rotatable bonds is 3. The van der Waals surface area contributed by atoms with Gasteiger partial charge in [-0.2, -0.15) is 13.2 Å². The van der Waals surface area contributed by atoms with Crippen molar-refractivity contribution in [1.82, 2.24) is 4.90 Å². The van der Waals surface area contributed by atoms with Crippen LogP contribution in [0.5, 0.6) is 5.75 Å². The van der Waals surface area contributed by atoms with Gasteiger partial charge in [-0.3, -0.25) is 4.90 Å². The lowest BCUT2D eigenvalue weighted by Crippen LogP contribution is -2.49. The molecule has 1 fully saturated rings. The minimum absolute atomic E-state index is 0.371. The summed E-state index contributed by atoms with van der Waals surface area (Å²) in [5.74, 6) is 0.584. The SMILES string of the molecule is COc1cccc(N2CCN(CC(F)(F)F)CC2)c1N. The van der Waals surface area contributed by atoms with Crippen LogP contribution in [0.4, 0.5) is 24.5 Å². The molecule has 0 bridgehead atoms. The van der Waals surface area contributed by atoms with Crippen LogP contribution in [0.3, 0.4) is 0 Å². The number of hydrogen-bond acceptors (Lipinski definition) is 4. The summed E-state index contributed by atoms with van der Waals surface area (Å²) < 4.78 is 42.1. The summed E-state index contributed by atoms with van der Waals surface area (Å²) in [6.07, 6.45) is -4.14. The maximum absolute atomic E-state index is 12.3. The predicted octanol–water partition coefficient (Wildman–Crippen LogP) is 1.96. The van der Waals surface area contributed by atoms with Crippen molar-refractivity contribution in [2.45, 2.75) is 6.18 Å². The number of halogens is 3. The highest BCUT2D eigenvalue weighted by Crippen LogP contribution is 2.32. The summed E-state index contributed by atoms with van der Waals surface area (Å²) in [6, 6.07) is 5.45. The first kappa shape index (κ1) is 14.8. The van der Waals surface area contributed by atoms with Crippen LogP contribution in [0.1, 0.15) is 0 Å². The van der Waals surface area contributed by atoms with E-state index in [1.807, 2.05) is 17.0 Å². The van der Waals surface area contributed by atoms with Crippen LogP contribution in [0.25, 0.3) is 0 Å². The molecule has 1 aliphatic heterocycles. The number of nitrogens with two attached hydrogens (primary N) is 1. The molecule has 4 nitrogen and oxygen atoms in total. The van der Waals surface area contributed by atoms with Gasteiger partial charge in [0.25, 0.3) is 0 Å². The molecule has 7 heteroatoms. The Balaban J connectivity index is 2.01. The van der Waals surface area contributed by atoms with Crippen molar-refractivity contribution in [3.8, 4) is 5.75 Å². The fourth-order valence-corrected chi connectivity index (χ4v) is 2.39. The molecule has 0 aliphatic carbocycles. The number of para-hydroxylation sites is 1. The van der Waals surface area contributed by atoms with Crippen molar-refractivity contribution in [3.63, 3.8) is 0 Å². The molecular formula is C13H18F3N3O. The van der Waals surface area contributed by atoms with Crippen molar-refractivity contribution in [2.24, 2.45) is 0 Å². The molecule has 0 spiro atoms. The molecule has 0 atom stereocenters. The Labute approximate surface area is 115 Å². The average molecular weight is 289 g/mol. The molecule has 1 heterocycles. The number of piperazine rings is 1. The first-order valence-corrected chi connectivity index (χ1v) is 6.37. The molecular weight excluding hydrogens is 271 g/mol. The zero-order valence-electron chi connectivity index (χ0n) is 11.3. The van der Waals surface area contributed by atoms with Crippen molar-refractivity contribution in [3.05, 3.63) is 18.2 Å². The largest absolute Gasteiger partial charge is 0.495 e. The van der Waals surface area contributed by atoms with Crippen molar-refractivity contribution < 1.29 is 17.9 Å². The quantitative estimate of drug-likeness (QED) is 0.864. The van der Waals surface area contributed by atoms with E-state index in [-0.39, 0.29) is 0 Å². The summed E-state index contributed by atoms with van der Waals surface area (Å²) in [7, 11) is 1.54. The summed E-state index contributed by atoms with van der Waals surface area (Å²) in [5.41, 5.74) is 7.34. The van der Waals surface area contributed by atoms with Crippen LogP contribution in [-0.4, -0.2) is 50.9 Å². The number of methoxy groups -OCH3 is 1. The molecule has 112 valence electrons. The van der Waals surface area contributed by atoms with E-state index >= 15 is 0 Å². The highest BCUT2D eigenvalue weighted by atomic mass is 19.4. The number of ether oxygens (including phenoxy) is 1. The van der Waals surface area contributed by atoms with Crippen LogP contribution >= 0.6 is 0 Å². The fourth-order valence-electron chi connectivity index (χ4n) is 2.39. The highest BCUT2D eigenvalue weighted by molar-refractivity contribution is 5.74. The third-order valence-electron chi connectivity index (χ3n) is 3.38. The first-order chi connectivity index (χ1) is 9.40.